The number of ether oxygens (including phenoxy) is 1. The number of nitriles is 1. The van der Waals surface area contributed by atoms with Crippen LogP contribution in [0.4, 0.5) is 5.95 Å². The van der Waals surface area contributed by atoms with Gasteiger partial charge in [-0.3, -0.25) is 4.98 Å². The molecule has 2 heterocycles. The third-order valence-corrected chi connectivity index (χ3v) is 6.60. The van der Waals surface area contributed by atoms with E-state index in [4.69, 9.17) is 9.72 Å². The van der Waals surface area contributed by atoms with Gasteiger partial charge < -0.3 is 4.74 Å². The second-order valence-electron chi connectivity index (χ2n) is 8.69. The number of aromatic nitrogens is 2. The Labute approximate surface area is 192 Å². The molecule has 0 radical (unpaired) electrons. The van der Waals surface area contributed by atoms with Crippen molar-refractivity contribution in [1.82, 2.24) is 14.5 Å². The van der Waals surface area contributed by atoms with E-state index in [2.05, 4.69) is 11.1 Å². The molecular formula is C27H25N4O2+. The fourth-order valence-corrected chi connectivity index (χ4v) is 4.72. The Morgan fingerprint density at radius 3 is 2.76 bits per heavy atom. The van der Waals surface area contributed by atoms with E-state index in [0.717, 1.165) is 53.1 Å². The van der Waals surface area contributed by atoms with E-state index in [1.165, 1.54) is 0 Å². The highest BCUT2D eigenvalue weighted by atomic mass is 16.5. The van der Waals surface area contributed by atoms with Gasteiger partial charge in [0, 0.05) is 12.8 Å². The van der Waals surface area contributed by atoms with Crippen LogP contribution in [0.3, 0.4) is 0 Å². The molecule has 4 aromatic rings. The number of hydrogen-bond donors (Lipinski definition) is 1. The quantitative estimate of drug-likeness (QED) is 0.354. The monoisotopic (exact) mass is 437 g/mol. The van der Waals surface area contributed by atoms with Crippen molar-refractivity contribution < 1.29 is 9.53 Å². The lowest BCUT2D eigenvalue weighted by atomic mass is 10.0. The summed E-state index contributed by atoms with van der Waals surface area (Å²) in [5.74, 6) is 0.567. The average Bonchev–Trinajstić information content (AvgIpc) is 3.47. The number of aromatic amines is 1. The van der Waals surface area contributed by atoms with Crippen molar-refractivity contribution in [3.63, 3.8) is 0 Å². The number of nitrogens with one attached hydrogen (secondary N) is 1. The fourth-order valence-electron chi connectivity index (χ4n) is 4.72. The summed E-state index contributed by atoms with van der Waals surface area (Å²) in [6, 6.07) is 25.2. The zero-order valence-electron chi connectivity index (χ0n) is 18.5. The summed E-state index contributed by atoms with van der Waals surface area (Å²) in [5.41, 5.74) is 5.19. The molecule has 5 rings (SSSR count). The van der Waals surface area contributed by atoms with Crippen molar-refractivity contribution in [3.05, 3.63) is 83.9 Å². The number of rotatable bonds is 5. The van der Waals surface area contributed by atoms with Crippen molar-refractivity contribution in [2.75, 3.05) is 13.6 Å². The molecule has 0 saturated carbocycles. The third-order valence-electron chi connectivity index (χ3n) is 6.60. The first-order chi connectivity index (χ1) is 16.1. The second-order valence-corrected chi connectivity index (χ2v) is 8.69. The summed E-state index contributed by atoms with van der Waals surface area (Å²) < 4.78 is 6.07. The van der Waals surface area contributed by atoms with Gasteiger partial charge in [0.05, 0.1) is 36.3 Å². The molecule has 1 aliphatic heterocycles. The highest BCUT2D eigenvalue weighted by Crippen LogP contribution is 2.34. The lowest BCUT2D eigenvalue weighted by molar-refractivity contribution is -0.149. The zero-order valence-corrected chi connectivity index (χ0v) is 18.5. The predicted molar refractivity (Wildman–Crippen MR) is 128 cm³/mol. The first-order valence-corrected chi connectivity index (χ1v) is 11.1. The first-order valence-electron chi connectivity index (χ1n) is 11.1. The number of benzene rings is 3. The minimum Gasteiger partial charge on any atom is -0.456 e. The third kappa shape index (κ3) is 3.88. The van der Waals surface area contributed by atoms with Crippen molar-refractivity contribution in [2.24, 2.45) is 0 Å². The number of likely N-dealkylation sites (N-methyl/N-ethyl adjacent to an activating group) is 1. The lowest BCUT2D eigenvalue weighted by Gasteiger charge is -2.31. The van der Waals surface area contributed by atoms with Crippen LogP contribution in [0.25, 0.3) is 22.2 Å². The van der Waals surface area contributed by atoms with Gasteiger partial charge in [-0.1, -0.05) is 54.6 Å². The van der Waals surface area contributed by atoms with Crippen molar-refractivity contribution in [2.45, 2.75) is 25.5 Å². The van der Waals surface area contributed by atoms with Crippen molar-refractivity contribution in [1.29, 1.82) is 5.26 Å². The molecule has 1 fully saturated rings. The standard InChI is InChI=1S/C27H25N4O2/c1-31(15-7-12-25(31)26(32)33-18-19-8-3-2-4-9-19)27-29-23-14-13-20(16-24(23)30-27)22-11-6-5-10-21(22)17-28/h2-6,8-11,13-14,16,25H,7,12,15,18H2,1H3,(H,29,30)/q+1/t25-,31?/m0/s1. The van der Waals surface area contributed by atoms with Crippen LogP contribution in [0.15, 0.2) is 72.8 Å². The maximum atomic E-state index is 13.0. The van der Waals surface area contributed by atoms with E-state index in [1.54, 1.807) is 0 Å². The summed E-state index contributed by atoms with van der Waals surface area (Å²) >= 11 is 0. The van der Waals surface area contributed by atoms with E-state index in [9.17, 15) is 10.1 Å². The summed E-state index contributed by atoms with van der Waals surface area (Å²) in [6.45, 7) is 1.09. The first kappa shape index (κ1) is 20.9. The molecule has 1 aliphatic rings. The Morgan fingerprint density at radius 1 is 1.15 bits per heavy atom. The number of hydrogen-bond acceptors (Lipinski definition) is 4. The minimum absolute atomic E-state index is 0.192. The van der Waals surface area contributed by atoms with Crippen LogP contribution in [0.2, 0.25) is 0 Å². The number of carbonyl (C=O) groups excluding carboxylic acids is 1. The normalized spacial score (nSPS) is 19.9. The maximum Gasteiger partial charge on any atom is 0.365 e. The summed E-state index contributed by atoms with van der Waals surface area (Å²) in [7, 11) is 2.05. The zero-order chi connectivity index (χ0) is 22.8. The second kappa shape index (κ2) is 8.53. The van der Waals surface area contributed by atoms with Crippen molar-refractivity contribution in [3.8, 4) is 17.2 Å². The van der Waals surface area contributed by atoms with E-state index in [0.29, 0.717) is 10.0 Å². The van der Waals surface area contributed by atoms with Gasteiger partial charge in [-0.2, -0.15) is 10.2 Å². The number of fused-ring (bicyclic) bond motifs is 1. The summed E-state index contributed by atoms with van der Waals surface area (Å²) in [6.07, 6.45) is 1.70. The van der Waals surface area contributed by atoms with Crippen LogP contribution >= 0.6 is 0 Å². The molecule has 33 heavy (non-hydrogen) atoms. The molecule has 0 amide bonds. The molecule has 164 valence electrons. The van der Waals surface area contributed by atoms with Gasteiger partial charge in [-0.05, 0) is 34.9 Å². The van der Waals surface area contributed by atoms with Gasteiger partial charge in [0.25, 0.3) is 0 Å². The number of nitrogens with zero attached hydrogens (tertiary/aromatic N) is 3. The van der Waals surface area contributed by atoms with E-state index in [1.807, 2.05) is 79.8 Å². The Morgan fingerprint density at radius 2 is 1.94 bits per heavy atom. The predicted octanol–water partition coefficient (Wildman–Crippen LogP) is 4.94. The van der Waals surface area contributed by atoms with Gasteiger partial charge in [0.1, 0.15) is 6.61 Å². The number of esters is 1. The molecule has 2 atom stereocenters. The van der Waals surface area contributed by atoms with E-state index < -0.39 is 0 Å². The van der Waals surface area contributed by atoms with Gasteiger partial charge in [-0.15, -0.1) is 0 Å². The number of likely N-dealkylation sites (tertiary alicyclic amines) is 1. The highest BCUT2D eigenvalue weighted by molar-refractivity contribution is 5.85. The summed E-state index contributed by atoms with van der Waals surface area (Å²) in [5, 5.41) is 9.46. The Bertz CT molecular complexity index is 1360. The molecule has 1 N–H and O–H groups in total. The number of imidazole rings is 1. The maximum absolute atomic E-state index is 13.0. The van der Waals surface area contributed by atoms with Crippen LogP contribution < -0.4 is 4.48 Å². The molecular weight excluding hydrogens is 412 g/mol. The lowest BCUT2D eigenvalue weighted by Crippen LogP contribution is -2.54. The van der Waals surface area contributed by atoms with Gasteiger partial charge in [-0.25, -0.2) is 9.28 Å². The summed E-state index contributed by atoms with van der Waals surface area (Å²) in [4.78, 5) is 21.3. The number of quaternary nitrogens is 1. The molecule has 1 unspecified atom stereocenters. The highest BCUT2D eigenvalue weighted by Gasteiger charge is 2.47. The molecule has 1 aromatic heterocycles. The molecule has 6 nitrogen and oxygen atoms in total. The van der Waals surface area contributed by atoms with Crippen molar-refractivity contribution >= 4 is 23.0 Å². The smallest absolute Gasteiger partial charge is 0.365 e. The van der Waals surface area contributed by atoms with E-state index >= 15 is 0 Å². The van der Waals surface area contributed by atoms with Crippen LogP contribution in [0, 0.1) is 11.3 Å². The average molecular weight is 438 g/mol. The minimum atomic E-state index is -0.298. The molecule has 0 spiro atoms. The topological polar surface area (TPSA) is 78.8 Å². The Kier molecular flexibility index (Phi) is 5.41. The molecule has 0 aliphatic carbocycles. The SMILES string of the molecule is C[N+]1(c2nc3ccc(-c4ccccc4C#N)cc3[nH]2)CCC[C@H]1C(=O)OCc1ccccc1. The molecule has 3 aromatic carbocycles. The largest absolute Gasteiger partial charge is 0.456 e. The van der Waals surface area contributed by atoms with E-state index in [-0.39, 0.29) is 18.6 Å². The van der Waals surface area contributed by atoms with Gasteiger partial charge in [0.2, 0.25) is 0 Å². The van der Waals surface area contributed by atoms with Crippen LogP contribution in [0.1, 0.15) is 24.0 Å². The molecule has 6 heteroatoms. The Hall–Kier alpha value is -3.95. The fraction of sp³-hybridized carbons (Fsp3) is 0.222. The molecule has 0 bridgehead atoms. The van der Waals surface area contributed by atoms with Crippen LogP contribution in [0.5, 0.6) is 0 Å². The number of H-pyrrole nitrogens is 1. The van der Waals surface area contributed by atoms with Gasteiger partial charge >= 0.3 is 11.9 Å². The van der Waals surface area contributed by atoms with Crippen LogP contribution in [-0.2, 0) is 16.1 Å². The molecule has 1 saturated heterocycles. The van der Waals surface area contributed by atoms with Crippen LogP contribution in [-0.4, -0.2) is 35.6 Å². The Balaban J connectivity index is 1.42. The number of carbonyl (C=O) groups is 1. The van der Waals surface area contributed by atoms with Gasteiger partial charge in [0.15, 0.2) is 6.04 Å².